The van der Waals surface area contributed by atoms with E-state index in [4.69, 9.17) is 4.74 Å². The van der Waals surface area contributed by atoms with Crippen molar-refractivity contribution < 1.29 is 13.9 Å². The number of aromatic amines is 1. The van der Waals surface area contributed by atoms with Crippen LogP contribution >= 0.6 is 0 Å². The number of aromatic nitrogens is 1. The van der Waals surface area contributed by atoms with Crippen molar-refractivity contribution in [1.29, 1.82) is 0 Å². The number of methoxy groups -OCH3 is 1. The van der Waals surface area contributed by atoms with Gasteiger partial charge in [0, 0.05) is 10.9 Å². The number of halogens is 1. The molecular weight excluding hydrogens is 285 g/mol. The van der Waals surface area contributed by atoms with Gasteiger partial charge in [-0.25, -0.2) is 9.18 Å². The summed E-state index contributed by atoms with van der Waals surface area (Å²) in [5.74, 6) is -1.18. The summed E-state index contributed by atoms with van der Waals surface area (Å²) in [6.45, 7) is 0. The van der Waals surface area contributed by atoms with E-state index in [1.807, 2.05) is 0 Å². The van der Waals surface area contributed by atoms with Gasteiger partial charge in [-0.05, 0) is 23.8 Å². The van der Waals surface area contributed by atoms with Gasteiger partial charge in [0.1, 0.15) is 5.82 Å². The minimum atomic E-state index is -0.680. The summed E-state index contributed by atoms with van der Waals surface area (Å²) in [6.07, 6.45) is 0. The average Bonchev–Trinajstić information content (AvgIpc) is 2.54. The predicted octanol–water partition coefficient (Wildman–Crippen LogP) is 3.12. The molecule has 3 rings (SSSR count). The van der Waals surface area contributed by atoms with Crippen molar-refractivity contribution in [1.82, 2.24) is 4.98 Å². The zero-order chi connectivity index (χ0) is 15.7. The van der Waals surface area contributed by atoms with Gasteiger partial charge >= 0.3 is 5.97 Å². The average molecular weight is 297 g/mol. The molecule has 1 aromatic heterocycles. The molecule has 0 amide bonds. The fourth-order valence-electron chi connectivity index (χ4n) is 2.46. The Morgan fingerprint density at radius 2 is 1.86 bits per heavy atom. The van der Waals surface area contributed by atoms with Gasteiger partial charge in [0.15, 0.2) is 0 Å². The van der Waals surface area contributed by atoms with Crippen molar-refractivity contribution in [2.45, 2.75) is 0 Å². The van der Waals surface area contributed by atoms with E-state index in [0.29, 0.717) is 16.5 Å². The van der Waals surface area contributed by atoms with Gasteiger partial charge < -0.3 is 9.72 Å². The van der Waals surface area contributed by atoms with Crippen LogP contribution in [-0.2, 0) is 4.74 Å². The highest BCUT2D eigenvalue weighted by atomic mass is 19.1. The molecule has 0 aliphatic heterocycles. The highest BCUT2D eigenvalue weighted by molar-refractivity contribution is 6.08. The number of fused-ring (bicyclic) bond motifs is 1. The molecule has 0 spiro atoms. The molecule has 22 heavy (non-hydrogen) atoms. The number of hydrogen-bond donors (Lipinski definition) is 1. The fraction of sp³-hybridized carbons (Fsp3) is 0.0588. The second-order valence-corrected chi connectivity index (χ2v) is 4.75. The SMILES string of the molecule is COC(=O)c1c(-c2ccccc2)c(=O)[nH]c2ccc(F)cc12. The van der Waals surface area contributed by atoms with E-state index in [-0.39, 0.29) is 11.1 Å². The molecule has 4 nitrogen and oxygen atoms in total. The van der Waals surface area contributed by atoms with Crippen LogP contribution in [0.15, 0.2) is 53.3 Å². The van der Waals surface area contributed by atoms with Gasteiger partial charge in [-0.3, -0.25) is 4.79 Å². The van der Waals surface area contributed by atoms with Crippen molar-refractivity contribution >= 4 is 16.9 Å². The Bertz CT molecular complexity index is 916. The lowest BCUT2D eigenvalue weighted by Crippen LogP contribution is -2.17. The molecule has 0 fully saturated rings. The van der Waals surface area contributed by atoms with Gasteiger partial charge in [0.25, 0.3) is 5.56 Å². The smallest absolute Gasteiger partial charge is 0.339 e. The lowest BCUT2D eigenvalue weighted by Gasteiger charge is -2.11. The third-order valence-electron chi connectivity index (χ3n) is 3.43. The molecule has 0 aliphatic carbocycles. The van der Waals surface area contributed by atoms with Crippen molar-refractivity contribution in [2.24, 2.45) is 0 Å². The summed E-state index contributed by atoms with van der Waals surface area (Å²) in [5, 5.41) is 0.310. The lowest BCUT2D eigenvalue weighted by atomic mass is 9.97. The highest BCUT2D eigenvalue weighted by Gasteiger charge is 2.21. The Labute approximate surface area is 125 Å². The molecule has 0 unspecified atom stereocenters. The van der Waals surface area contributed by atoms with E-state index in [1.165, 1.54) is 25.3 Å². The van der Waals surface area contributed by atoms with Gasteiger partial charge in [-0.1, -0.05) is 30.3 Å². The van der Waals surface area contributed by atoms with Crippen LogP contribution in [0.4, 0.5) is 4.39 Å². The molecule has 1 N–H and O–H groups in total. The first kappa shape index (κ1) is 14.0. The summed E-state index contributed by atoms with van der Waals surface area (Å²) in [7, 11) is 1.23. The Balaban J connectivity index is 2.48. The molecule has 0 atom stereocenters. The minimum absolute atomic E-state index is 0.0620. The van der Waals surface area contributed by atoms with Crippen LogP contribution in [0, 0.1) is 5.82 Å². The fourth-order valence-corrected chi connectivity index (χ4v) is 2.46. The second-order valence-electron chi connectivity index (χ2n) is 4.75. The van der Waals surface area contributed by atoms with Crippen LogP contribution in [0.1, 0.15) is 10.4 Å². The monoisotopic (exact) mass is 297 g/mol. The number of ether oxygens (including phenoxy) is 1. The van der Waals surface area contributed by atoms with Crippen LogP contribution in [0.5, 0.6) is 0 Å². The first-order chi connectivity index (χ1) is 10.6. The van der Waals surface area contributed by atoms with E-state index in [2.05, 4.69) is 4.98 Å². The third kappa shape index (κ3) is 2.26. The molecule has 0 saturated heterocycles. The molecular formula is C17H12FNO3. The number of benzene rings is 2. The third-order valence-corrected chi connectivity index (χ3v) is 3.43. The van der Waals surface area contributed by atoms with Crippen LogP contribution in [0.25, 0.3) is 22.0 Å². The van der Waals surface area contributed by atoms with Crippen molar-refractivity contribution in [3.05, 3.63) is 70.3 Å². The molecule has 0 aliphatic rings. The zero-order valence-corrected chi connectivity index (χ0v) is 11.7. The van der Waals surface area contributed by atoms with Crippen LogP contribution in [-0.4, -0.2) is 18.1 Å². The maximum Gasteiger partial charge on any atom is 0.339 e. The first-order valence-corrected chi connectivity index (χ1v) is 6.61. The van der Waals surface area contributed by atoms with E-state index >= 15 is 0 Å². The Hall–Kier alpha value is -2.95. The standard InChI is InChI=1S/C17H12FNO3/c1-22-17(21)15-12-9-11(18)7-8-13(12)19-16(20)14(15)10-5-3-2-4-6-10/h2-9H,1H3,(H,19,20). The normalized spacial score (nSPS) is 10.6. The summed E-state index contributed by atoms with van der Waals surface area (Å²) in [5.41, 5.74) is 0.755. The summed E-state index contributed by atoms with van der Waals surface area (Å²) in [4.78, 5) is 27.3. The molecule has 2 aromatic carbocycles. The topological polar surface area (TPSA) is 59.2 Å². The number of esters is 1. The van der Waals surface area contributed by atoms with Gasteiger partial charge in [0.2, 0.25) is 0 Å². The van der Waals surface area contributed by atoms with Crippen LogP contribution in [0.3, 0.4) is 0 Å². The number of rotatable bonds is 2. The maximum absolute atomic E-state index is 13.6. The Morgan fingerprint density at radius 1 is 1.14 bits per heavy atom. The first-order valence-electron chi connectivity index (χ1n) is 6.61. The van der Waals surface area contributed by atoms with E-state index in [1.54, 1.807) is 30.3 Å². The second kappa shape index (κ2) is 5.44. The Kier molecular flexibility index (Phi) is 3.47. The predicted molar refractivity (Wildman–Crippen MR) is 81.3 cm³/mol. The number of hydrogen-bond acceptors (Lipinski definition) is 3. The van der Waals surface area contributed by atoms with E-state index < -0.39 is 17.3 Å². The van der Waals surface area contributed by atoms with Crippen molar-refractivity contribution in [3.63, 3.8) is 0 Å². The number of carbonyl (C=O) groups is 1. The van der Waals surface area contributed by atoms with Gasteiger partial charge in [-0.2, -0.15) is 0 Å². The summed E-state index contributed by atoms with van der Waals surface area (Å²) >= 11 is 0. The van der Waals surface area contributed by atoms with Crippen molar-refractivity contribution in [2.75, 3.05) is 7.11 Å². The minimum Gasteiger partial charge on any atom is -0.465 e. The number of nitrogens with one attached hydrogen (secondary N) is 1. The zero-order valence-electron chi connectivity index (χ0n) is 11.7. The van der Waals surface area contributed by atoms with Crippen LogP contribution in [0.2, 0.25) is 0 Å². The van der Waals surface area contributed by atoms with E-state index in [9.17, 15) is 14.0 Å². The molecule has 110 valence electrons. The highest BCUT2D eigenvalue weighted by Crippen LogP contribution is 2.27. The number of carbonyl (C=O) groups excluding carboxylic acids is 1. The number of H-pyrrole nitrogens is 1. The molecule has 0 saturated carbocycles. The molecule has 5 heteroatoms. The molecule has 0 radical (unpaired) electrons. The largest absolute Gasteiger partial charge is 0.465 e. The van der Waals surface area contributed by atoms with Gasteiger partial charge in [0.05, 0.1) is 18.2 Å². The Morgan fingerprint density at radius 3 is 2.55 bits per heavy atom. The lowest BCUT2D eigenvalue weighted by molar-refractivity contribution is 0.0603. The quantitative estimate of drug-likeness (QED) is 0.739. The summed E-state index contributed by atoms with van der Waals surface area (Å²) < 4.78 is 18.4. The summed E-state index contributed by atoms with van der Waals surface area (Å²) in [6, 6.07) is 12.6. The molecule has 0 bridgehead atoms. The van der Waals surface area contributed by atoms with Crippen LogP contribution < -0.4 is 5.56 Å². The van der Waals surface area contributed by atoms with Crippen molar-refractivity contribution in [3.8, 4) is 11.1 Å². The molecule has 3 aromatic rings. The van der Waals surface area contributed by atoms with E-state index in [0.717, 1.165) is 0 Å². The maximum atomic E-state index is 13.6. The molecule has 1 heterocycles. The number of pyridine rings is 1. The van der Waals surface area contributed by atoms with Gasteiger partial charge in [-0.15, -0.1) is 0 Å².